The Morgan fingerprint density at radius 2 is 1.92 bits per heavy atom. The van der Waals surface area contributed by atoms with Crippen LogP contribution in [-0.4, -0.2) is 34.0 Å². The van der Waals surface area contributed by atoms with Crippen molar-refractivity contribution >= 4 is 10.1 Å². The molecule has 1 aromatic rings. The molecule has 146 valence electrons. The first-order valence-corrected chi connectivity index (χ1v) is 10.7. The van der Waals surface area contributed by atoms with Crippen molar-refractivity contribution in [2.24, 2.45) is 0 Å². The highest BCUT2D eigenvalue weighted by Crippen LogP contribution is 2.29. The van der Waals surface area contributed by atoms with Gasteiger partial charge in [0.05, 0.1) is 11.0 Å². The van der Waals surface area contributed by atoms with Gasteiger partial charge in [-0.3, -0.25) is 4.18 Å². The van der Waals surface area contributed by atoms with Crippen LogP contribution in [0.4, 0.5) is 0 Å². The van der Waals surface area contributed by atoms with Crippen LogP contribution in [0, 0.1) is 6.92 Å². The van der Waals surface area contributed by atoms with Crippen LogP contribution in [0.1, 0.15) is 51.0 Å². The third-order valence-corrected chi connectivity index (χ3v) is 5.85. The molecule has 5 nitrogen and oxygen atoms in total. The van der Waals surface area contributed by atoms with Crippen molar-refractivity contribution in [2.45, 2.75) is 75.8 Å². The minimum atomic E-state index is -3.83. The van der Waals surface area contributed by atoms with Crippen LogP contribution in [0.25, 0.3) is 0 Å². The number of methoxy groups -OCH3 is 1. The Morgan fingerprint density at radius 3 is 2.58 bits per heavy atom. The number of ether oxygens (including phenoxy) is 2. The molecule has 1 saturated heterocycles. The van der Waals surface area contributed by atoms with E-state index in [9.17, 15) is 8.42 Å². The maximum Gasteiger partial charge on any atom is 0.297 e. The fraction of sp³-hybridized carbons (Fsp3) is 0.600. The topological polar surface area (TPSA) is 61.8 Å². The molecule has 0 N–H and O–H groups in total. The van der Waals surface area contributed by atoms with Gasteiger partial charge < -0.3 is 9.47 Å². The molecule has 3 atom stereocenters. The van der Waals surface area contributed by atoms with Crippen LogP contribution in [0.2, 0.25) is 0 Å². The highest BCUT2D eigenvalue weighted by atomic mass is 32.2. The van der Waals surface area contributed by atoms with E-state index in [4.69, 9.17) is 13.7 Å². The first-order chi connectivity index (χ1) is 12.5. The van der Waals surface area contributed by atoms with Gasteiger partial charge in [-0.05, 0) is 38.3 Å². The van der Waals surface area contributed by atoms with Gasteiger partial charge in [0.1, 0.15) is 6.10 Å². The van der Waals surface area contributed by atoms with E-state index in [-0.39, 0.29) is 11.0 Å². The van der Waals surface area contributed by atoms with Crippen LogP contribution >= 0.6 is 0 Å². The van der Waals surface area contributed by atoms with Crippen LogP contribution in [0.3, 0.4) is 0 Å². The number of unbranched alkanes of at least 4 members (excludes halogenated alkanes) is 3. The second-order valence-electron chi connectivity index (χ2n) is 6.68. The minimum Gasteiger partial charge on any atom is -0.356 e. The standard InChI is InChI=1S/C20H30O5S/c1-4-5-6-7-8-9-10-18-19(15-20(23-3)24-18)25-26(21,22)17-13-11-16(2)12-14-17/h8-9,11-14,18-20H,4-7,10,15H2,1-3H3/b9-8-/t18-,19+,20?/m1/s1. The van der Waals surface area contributed by atoms with Gasteiger partial charge in [0, 0.05) is 13.5 Å². The lowest BCUT2D eigenvalue weighted by Gasteiger charge is -2.17. The van der Waals surface area contributed by atoms with E-state index in [1.54, 1.807) is 31.4 Å². The Balaban J connectivity index is 1.98. The summed E-state index contributed by atoms with van der Waals surface area (Å²) < 4.78 is 41.6. The summed E-state index contributed by atoms with van der Waals surface area (Å²) in [5, 5.41) is 0. The fourth-order valence-corrected chi connectivity index (χ4v) is 4.03. The van der Waals surface area contributed by atoms with Gasteiger partial charge in [-0.1, -0.05) is 49.6 Å². The molecule has 0 radical (unpaired) electrons. The fourth-order valence-electron chi connectivity index (χ4n) is 2.92. The Morgan fingerprint density at radius 1 is 1.19 bits per heavy atom. The average molecular weight is 383 g/mol. The van der Waals surface area contributed by atoms with E-state index in [0.29, 0.717) is 12.8 Å². The highest BCUT2D eigenvalue weighted by Gasteiger charge is 2.38. The zero-order chi connectivity index (χ0) is 19.0. The lowest BCUT2D eigenvalue weighted by molar-refractivity contribution is -0.115. The van der Waals surface area contributed by atoms with Crippen LogP contribution in [0.5, 0.6) is 0 Å². The molecule has 1 fully saturated rings. The molecule has 0 spiro atoms. The Labute approximate surface area is 157 Å². The molecular formula is C20H30O5S. The lowest BCUT2D eigenvalue weighted by Crippen LogP contribution is -2.27. The molecule has 0 aliphatic carbocycles. The third kappa shape index (κ3) is 6.20. The van der Waals surface area contributed by atoms with Crippen molar-refractivity contribution in [3.63, 3.8) is 0 Å². The maximum absolute atomic E-state index is 12.6. The molecule has 0 amide bonds. The molecule has 0 aromatic heterocycles. The molecule has 6 heteroatoms. The van der Waals surface area contributed by atoms with Crippen LogP contribution in [0.15, 0.2) is 41.3 Å². The number of rotatable bonds is 10. The second-order valence-corrected chi connectivity index (χ2v) is 8.25. The summed E-state index contributed by atoms with van der Waals surface area (Å²) in [5.74, 6) is 0. The quantitative estimate of drug-likeness (QED) is 0.342. The molecule has 0 saturated carbocycles. The van der Waals surface area contributed by atoms with Crippen molar-refractivity contribution < 1.29 is 22.1 Å². The van der Waals surface area contributed by atoms with Crippen molar-refractivity contribution in [3.05, 3.63) is 42.0 Å². The number of hydrogen-bond donors (Lipinski definition) is 0. The van der Waals surface area contributed by atoms with Crippen molar-refractivity contribution in [1.29, 1.82) is 0 Å². The summed E-state index contributed by atoms with van der Waals surface area (Å²) in [7, 11) is -2.27. The van der Waals surface area contributed by atoms with Gasteiger partial charge in [-0.2, -0.15) is 8.42 Å². The van der Waals surface area contributed by atoms with E-state index in [2.05, 4.69) is 13.0 Å². The second kappa shape index (κ2) is 10.2. The van der Waals surface area contributed by atoms with Gasteiger partial charge in [0.25, 0.3) is 10.1 Å². The Kier molecular flexibility index (Phi) is 8.28. The number of aryl methyl sites for hydroxylation is 1. The van der Waals surface area contributed by atoms with E-state index >= 15 is 0 Å². The minimum absolute atomic E-state index is 0.165. The zero-order valence-electron chi connectivity index (χ0n) is 15.9. The Bertz CT molecular complexity index is 666. The molecular weight excluding hydrogens is 352 g/mol. The van der Waals surface area contributed by atoms with Crippen molar-refractivity contribution in [3.8, 4) is 0 Å². The van der Waals surface area contributed by atoms with Gasteiger partial charge in [0.15, 0.2) is 6.29 Å². The SMILES string of the molecule is CCCCC/C=C\C[C@H]1OC(OC)C[C@@H]1OS(=O)(=O)c1ccc(C)cc1. The first-order valence-electron chi connectivity index (χ1n) is 9.29. The molecule has 2 rings (SSSR count). The van der Waals surface area contributed by atoms with Gasteiger partial charge in [-0.15, -0.1) is 0 Å². The third-order valence-electron chi connectivity index (χ3n) is 4.50. The van der Waals surface area contributed by atoms with Gasteiger partial charge in [-0.25, -0.2) is 0 Å². The first kappa shape index (κ1) is 21.1. The molecule has 1 aromatic carbocycles. The summed E-state index contributed by atoms with van der Waals surface area (Å²) in [6, 6.07) is 6.65. The Hall–Kier alpha value is -1.21. The normalized spacial score (nSPS) is 23.7. The zero-order valence-corrected chi connectivity index (χ0v) is 16.7. The van der Waals surface area contributed by atoms with E-state index in [1.165, 1.54) is 19.3 Å². The van der Waals surface area contributed by atoms with Crippen LogP contribution in [-0.2, 0) is 23.8 Å². The molecule has 1 aliphatic rings. The molecule has 1 unspecified atom stereocenters. The van der Waals surface area contributed by atoms with E-state index < -0.39 is 22.5 Å². The highest BCUT2D eigenvalue weighted by molar-refractivity contribution is 7.86. The van der Waals surface area contributed by atoms with Crippen molar-refractivity contribution in [2.75, 3.05) is 7.11 Å². The summed E-state index contributed by atoms with van der Waals surface area (Å²) in [6.45, 7) is 4.09. The van der Waals surface area contributed by atoms with Crippen molar-refractivity contribution in [1.82, 2.24) is 0 Å². The summed E-state index contributed by atoms with van der Waals surface area (Å²) in [5.41, 5.74) is 0.999. The summed E-state index contributed by atoms with van der Waals surface area (Å²) >= 11 is 0. The molecule has 26 heavy (non-hydrogen) atoms. The lowest BCUT2D eigenvalue weighted by atomic mass is 10.1. The van der Waals surface area contributed by atoms with E-state index in [0.717, 1.165) is 12.0 Å². The molecule has 0 bridgehead atoms. The predicted molar refractivity (Wildman–Crippen MR) is 101 cm³/mol. The van der Waals surface area contributed by atoms with Gasteiger partial charge >= 0.3 is 0 Å². The van der Waals surface area contributed by atoms with Crippen LogP contribution < -0.4 is 0 Å². The average Bonchev–Trinajstić information content (AvgIpc) is 2.99. The number of allylic oxidation sites excluding steroid dienone is 1. The predicted octanol–water partition coefficient (Wildman–Crippen LogP) is 4.36. The summed E-state index contributed by atoms with van der Waals surface area (Å²) in [4.78, 5) is 0.165. The summed E-state index contributed by atoms with van der Waals surface area (Å²) in [6.07, 6.45) is 8.48. The molecule has 1 aliphatic heterocycles. The number of benzene rings is 1. The largest absolute Gasteiger partial charge is 0.356 e. The monoisotopic (exact) mass is 382 g/mol. The van der Waals surface area contributed by atoms with E-state index in [1.807, 2.05) is 13.0 Å². The molecule has 1 heterocycles. The number of hydrogen-bond acceptors (Lipinski definition) is 5. The smallest absolute Gasteiger partial charge is 0.297 e. The van der Waals surface area contributed by atoms with Gasteiger partial charge in [0.2, 0.25) is 0 Å². The maximum atomic E-state index is 12.6.